The number of para-hydroxylation sites is 1. The van der Waals surface area contributed by atoms with Crippen LogP contribution in [-0.2, 0) is 12.8 Å². The quantitative estimate of drug-likeness (QED) is 0.538. The van der Waals surface area contributed by atoms with Crippen LogP contribution in [0.25, 0.3) is 10.2 Å². The number of aliphatic hydroxyl groups excluding tert-OH is 1. The molecule has 124 valence electrons. The molecule has 6 heteroatoms. The van der Waals surface area contributed by atoms with Gasteiger partial charge in [-0.25, -0.2) is 9.97 Å². The summed E-state index contributed by atoms with van der Waals surface area (Å²) in [5, 5.41) is 12.4. The average molecular weight is 358 g/mol. The Hall–Kier alpha value is -1.63. The van der Waals surface area contributed by atoms with E-state index in [9.17, 15) is 5.11 Å². The fourth-order valence-corrected chi connectivity index (χ4v) is 5.17. The molecule has 1 N–H and O–H groups in total. The van der Waals surface area contributed by atoms with Crippen LogP contribution < -0.4 is 4.74 Å². The van der Waals surface area contributed by atoms with Crippen LogP contribution in [-0.4, -0.2) is 33.5 Å². The highest BCUT2D eigenvalue weighted by atomic mass is 32.2. The summed E-state index contributed by atoms with van der Waals surface area (Å²) >= 11 is 3.38. The highest BCUT2D eigenvalue weighted by molar-refractivity contribution is 7.99. The lowest BCUT2D eigenvalue weighted by molar-refractivity contribution is 0.126. The van der Waals surface area contributed by atoms with Crippen LogP contribution in [0, 0.1) is 0 Å². The molecule has 0 fully saturated rings. The number of benzene rings is 1. The van der Waals surface area contributed by atoms with E-state index in [1.165, 1.54) is 22.2 Å². The molecular weight excluding hydrogens is 340 g/mol. The predicted molar refractivity (Wildman–Crippen MR) is 98.1 cm³/mol. The minimum Gasteiger partial charge on any atom is -0.491 e. The summed E-state index contributed by atoms with van der Waals surface area (Å²) in [7, 11) is 0. The van der Waals surface area contributed by atoms with E-state index >= 15 is 0 Å². The minimum atomic E-state index is -0.535. The third kappa shape index (κ3) is 3.27. The molecular formula is C18H18N2O2S2. The summed E-state index contributed by atoms with van der Waals surface area (Å²) in [6.07, 6.45) is 4.60. The van der Waals surface area contributed by atoms with Gasteiger partial charge in [0, 0.05) is 16.0 Å². The number of fused-ring (bicyclic) bond motifs is 3. The van der Waals surface area contributed by atoms with E-state index in [1.54, 1.807) is 29.4 Å². The molecule has 0 saturated heterocycles. The zero-order valence-corrected chi connectivity index (χ0v) is 14.8. The Labute approximate surface area is 148 Å². The minimum absolute atomic E-state index is 0.285. The molecule has 0 radical (unpaired) electrons. The standard InChI is InChI=1S/C18H18N2O2S2/c21-12(9-22-13-5-2-1-3-6-13)10-23-17-16-14-7-4-8-15(14)24-18(16)20-11-19-17/h1-3,5-6,11-12,21H,4,7-10H2. The molecule has 0 bridgehead atoms. The van der Waals surface area contributed by atoms with Gasteiger partial charge in [-0.05, 0) is 37.0 Å². The van der Waals surface area contributed by atoms with Gasteiger partial charge in [-0.3, -0.25) is 0 Å². The smallest absolute Gasteiger partial charge is 0.128 e. The second-order valence-electron chi connectivity index (χ2n) is 5.81. The van der Waals surface area contributed by atoms with E-state index < -0.39 is 6.10 Å². The van der Waals surface area contributed by atoms with Crippen LogP contribution in [0.15, 0.2) is 41.7 Å². The lowest BCUT2D eigenvalue weighted by atomic mass is 10.2. The topological polar surface area (TPSA) is 55.2 Å². The van der Waals surface area contributed by atoms with Crippen molar-refractivity contribution in [3.63, 3.8) is 0 Å². The molecule has 4 rings (SSSR count). The van der Waals surface area contributed by atoms with Crippen molar-refractivity contribution >= 4 is 33.3 Å². The van der Waals surface area contributed by atoms with Crippen molar-refractivity contribution in [2.75, 3.05) is 12.4 Å². The lowest BCUT2D eigenvalue weighted by Crippen LogP contribution is -2.20. The molecule has 0 aliphatic heterocycles. The number of hydrogen-bond acceptors (Lipinski definition) is 6. The molecule has 4 nitrogen and oxygen atoms in total. The fourth-order valence-electron chi connectivity index (χ4n) is 2.94. The van der Waals surface area contributed by atoms with E-state index in [0.29, 0.717) is 5.75 Å². The summed E-state index contributed by atoms with van der Waals surface area (Å²) in [4.78, 5) is 11.4. The van der Waals surface area contributed by atoms with Gasteiger partial charge in [0.15, 0.2) is 0 Å². The number of aliphatic hydroxyl groups is 1. The molecule has 2 heterocycles. The number of aromatic nitrogens is 2. The first-order valence-corrected chi connectivity index (χ1v) is 9.85. The van der Waals surface area contributed by atoms with E-state index in [1.807, 2.05) is 30.3 Å². The van der Waals surface area contributed by atoms with E-state index in [-0.39, 0.29) is 6.61 Å². The molecule has 2 aromatic heterocycles. The first-order chi connectivity index (χ1) is 11.8. The van der Waals surface area contributed by atoms with Crippen LogP contribution in [0.2, 0.25) is 0 Å². The summed E-state index contributed by atoms with van der Waals surface area (Å²) in [5.74, 6) is 1.34. The first-order valence-electron chi connectivity index (χ1n) is 8.05. The van der Waals surface area contributed by atoms with Gasteiger partial charge in [0.05, 0.1) is 6.10 Å². The van der Waals surface area contributed by atoms with Crippen LogP contribution in [0.5, 0.6) is 5.75 Å². The zero-order valence-electron chi connectivity index (χ0n) is 13.1. The third-order valence-corrected chi connectivity index (χ3v) is 6.40. The molecule has 0 amide bonds. The summed E-state index contributed by atoms with van der Waals surface area (Å²) < 4.78 is 5.61. The van der Waals surface area contributed by atoms with Crippen molar-refractivity contribution in [1.82, 2.24) is 9.97 Å². The highest BCUT2D eigenvalue weighted by Crippen LogP contribution is 2.40. The Morgan fingerprint density at radius 1 is 1.21 bits per heavy atom. The van der Waals surface area contributed by atoms with Crippen LogP contribution in [0.4, 0.5) is 0 Å². The second-order valence-corrected chi connectivity index (χ2v) is 7.90. The average Bonchev–Trinajstić information content (AvgIpc) is 3.20. The Morgan fingerprint density at radius 3 is 2.96 bits per heavy atom. The van der Waals surface area contributed by atoms with Crippen molar-refractivity contribution < 1.29 is 9.84 Å². The monoisotopic (exact) mass is 358 g/mol. The molecule has 0 spiro atoms. The SMILES string of the molecule is OC(COc1ccccc1)CSc1ncnc2sc3c(c12)CCC3. The van der Waals surface area contributed by atoms with Gasteiger partial charge in [0.2, 0.25) is 0 Å². The number of rotatable bonds is 6. The first kappa shape index (κ1) is 15.9. The molecule has 1 atom stereocenters. The molecule has 1 aliphatic rings. The number of thioether (sulfide) groups is 1. The van der Waals surface area contributed by atoms with E-state index in [0.717, 1.165) is 28.4 Å². The maximum absolute atomic E-state index is 10.2. The fraction of sp³-hybridized carbons (Fsp3) is 0.333. The van der Waals surface area contributed by atoms with Gasteiger partial charge in [-0.1, -0.05) is 18.2 Å². The van der Waals surface area contributed by atoms with Crippen molar-refractivity contribution in [2.24, 2.45) is 0 Å². The number of thiophene rings is 1. The van der Waals surface area contributed by atoms with Crippen LogP contribution >= 0.6 is 23.1 Å². The highest BCUT2D eigenvalue weighted by Gasteiger charge is 2.21. The molecule has 1 unspecified atom stereocenters. The van der Waals surface area contributed by atoms with Gasteiger partial charge in [0.1, 0.15) is 28.5 Å². The Bertz CT molecular complexity index is 836. The van der Waals surface area contributed by atoms with Crippen LogP contribution in [0.3, 0.4) is 0 Å². The van der Waals surface area contributed by atoms with Gasteiger partial charge in [-0.2, -0.15) is 0 Å². The number of aryl methyl sites for hydroxylation is 2. The van der Waals surface area contributed by atoms with E-state index in [4.69, 9.17) is 4.74 Å². The van der Waals surface area contributed by atoms with Gasteiger partial charge in [-0.15, -0.1) is 23.1 Å². The predicted octanol–water partition coefficient (Wildman–Crippen LogP) is 3.71. The number of nitrogens with zero attached hydrogens (tertiary/aromatic N) is 2. The van der Waals surface area contributed by atoms with E-state index in [2.05, 4.69) is 9.97 Å². The maximum atomic E-state index is 10.2. The van der Waals surface area contributed by atoms with Crippen molar-refractivity contribution in [1.29, 1.82) is 0 Å². The van der Waals surface area contributed by atoms with Crippen LogP contribution in [0.1, 0.15) is 16.9 Å². The summed E-state index contributed by atoms with van der Waals surface area (Å²) in [5.41, 5.74) is 1.42. The lowest BCUT2D eigenvalue weighted by Gasteiger charge is -2.12. The molecule has 0 saturated carbocycles. The molecule has 1 aliphatic carbocycles. The maximum Gasteiger partial charge on any atom is 0.128 e. The normalized spacial score (nSPS) is 14.7. The Kier molecular flexibility index (Phi) is 4.69. The summed E-state index contributed by atoms with van der Waals surface area (Å²) in [6, 6.07) is 9.57. The van der Waals surface area contributed by atoms with Gasteiger partial charge >= 0.3 is 0 Å². The van der Waals surface area contributed by atoms with Crippen molar-refractivity contribution in [3.8, 4) is 5.75 Å². The van der Waals surface area contributed by atoms with Gasteiger partial charge in [0.25, 0.3) is 0 Å². The van der Waals surface area contributed by atoms with Crippen molar-refractivity contribution in [3.05, 3.63) is 47.1 Å². The third-order valence-electron chi connectivity index (χ3n) is 4.06. The van der Waals surface area contributed by atoms with Crippen molar-refractivity contribution in [2.45, 2.75) is 30.4 Å². The number of hydrogen-bond donors (Lipinski definition) is 1. The molecule has 1 aromatic carbocycles. The second kappa shape index (κ2) is 7.09. The Balaban J connectivity index is 1.41. The molecule has 3 aromatic rings. The molecule has 24 heavy (non-hydrogen) atoms. The largest absolute Gasteiger partial charge is 0.491 e. The van der Waals surface area contributed by atoms with Gasteiger partial charge < -0.3 is 9.84 Å². The Morgan fingerprint density at radius 2 is 2.08 bits per heavy atom. The zero-order chi connectivity index (χ0) is 16.4. The summed E-state index contributed by atoms with van der Waals surface area (Å²) in [6.45, 7) is 0.285. The number of ether oxygens (including phenoxy) is 1.